The lowest BCUT2D eigenvalue weighted by Crippen LogP contribution is -2.44. The maximum Gasteiger partial charge on any atom is 0.410 e. The van der Waals surface area contributed by atoms with Gasteiger partial charge in [-0.15, -0.1) is 0 Å². The third-order valence-electron chi connectivity index (χ3n) is 5.30. The summed E-state index contributed by atoms with van der Waals surface area (Å²) in [5, 5.41) is 3.49. The Balaban J connectivity index is 1.42. The minimum Gasteiger partial charge on any atom is -0.448 e. The van der Waals surface area contributed by atoms with E-state index in [0.29, 0.717) is 36.9 Å². The molecule has 186 valence electrons. The lowest BCUT2D eigenvalue weighted by molar-refractivity contribution is -0.0473. The molecule has 1 fully saturated rings. The van der Waals surface area contributed by atoms with Crippen molar-refractivity contribution in [3.63, 3.8) is 0 Å². The lowest BCUT2D eigenvalue weighted by Gasteiger charge is -2.33. The first kappa shape index (κ1) is 25.2. The Morgan fingerprint density at radius 3 is 2.66 bits per heavy atom. The number of rotatable bonds is 5. The van der Waals surface area contributed by atoms with Crippen LogP contribution in [0.4, 0.5) is 20.6 Å². The molecule has 0 unspecified atom stereocenters. The van der Waals surface area contributed by atoms with Gasteiger partial charge in [0.1, 0.15) is 22.7 Å². The predicted octanol–water partition coefficient (Wildman–Crippen LogP) is 5.38. The summed E-state index contributed by atoms with van der Waals surface area (Å²) in [6.45, 7) is 6.36. The van der Waals surface area contributed by atoms with Crippen LogP contribution in [0.1, 0.15) is 44.2 Å². The van der Waals surface area contributed by atoms with Crippen LogP contribution in [0, 0.1) is 9.39 Å². The van der Waals surface area contributed by atoms with Gasteiger partial charge in [-0.25, -0.2) is 14.7 Å². The van der Waals surface area contributed by atoms with Crippen LogP contribution in [0.2, 0.25) is 0 Å². The number of hydroxylamine groups is 1. The molecule has 35 heavy (non-hydrogen) atoms. The number of halogens is 2. The number of benzene rings is 1. The van der Waals surface area contributed by atoms with Gasteiger partial charge in [-0.2, -0.15) is 0 Å². The molecular formula is C24H26FIN4O5. The molecule has 0 bridgehead atoms. The number of pyridine rings is 1. The number of likely N-dealkylation sites (tertiary alicyclic amines) is 1. The number of aromatic nitrogens is 1. The third-order valence-corrected chi connectivity index (χ3v) is 5.97. The SMILES string of the molecule is CC(C)(C)OC(=O)N1CCC(ONC(=O)c2oc3ccncc3c2Nc2ccc(I)cc2F)CC1. The highest BCUT2D eigenvalue weighted by atomic mass is 127. The van der Waals surface area contributed by atoms with Crippen molar-refractivity contribution in [1.29, 1.82) is 0 Å². The van der Waals surface area contributed by atoms with Gasteiger partial charge in [-0.05, 0) is 80.5 Å². The van der Waals surface area contributed by atoms with Gasteiger partial charge in [0.15, 0.2) is 0 Å². The van der Waals surface area contributed by atoms with Crippen molar-refractivity contribution in [3.8, 4) is 0 Å². The summed E-state index contributed by atoms with van der Waals surface area (Å²) in [5.74, 6) is -1.14. The van der Waals surface area contributed by atoms with Crippen LogP contribution in [0.25, 0.3) is 11.0 Å². The molecule has 3 aromatic rings. The molecule has 1 aliphatic rings. The number of amides is 2. The van der Waals surface area contributed by atoms with Gasteiger partial charge in [0.25, 0.3) is 0 Å². The van der Waals surface area contributed by atoms with E-state index in [1.165, 1.54) is 18.5 Å². The Morgan fingerprint density at radius 1 is 1.23 bits per heavy atom. The van der Waals surface area contributed by atoms with Crippen molar-refractivity contribution >= 4 is 56.9 Å². The fourth-order valence-electron chi connectivity index (χ4n) is 3.62. The number of nitrogens with one attached hydrogen (secondary N) is 2. The average Bonchev–Trinajstić information content (AvgIpc) is 3.17. The topological polar surface area (TPSA) is 106 Å². The monoisotopic (exact) mass is 596 g/mol. The van der Waals surface area contributed by atoms with Crippen LogP contribution >= 0.6 is 22.6 Å². The Kier molecular flexibility index (Phi) is 7.45. The van der Waals surface area contributed by atoms with E-state index >= 15 is 0 Å². The molecule has 0 saturated carbocycles. The van der Waals surface area contributed by atoms with Crippen molar-refractivity contribution in [3.05, 3.63) is 51.8 Å². The number of furan rings is 1. The standard InChI is InChI=1S/C24H26FIN4O5/c1-24(2,3)34-23(32)30-10-7-15(8-11-30)35-29-22(31)21-20(16-13-27-9-6-19(16)33-21)28-18-5-4-14(26)12-17(18)25/h4-6,9,12-13,15,28H,7-8,10-11H2,1-3H3,(H,29,31). The molecule has 1 saturated heterocycles. The average molecular weight is 596 g/mol. The van der Waals surface area contributed by atoms with Gasteiger partial charge in [0.05, 0.1) is 17.2 Å². The summed E-state index contributed by atoms with van der Waals surface area (Å²) in [6.07, 6.45) is 3.49. The fourth-order valence-corrected chi connectivity index (χ4v) is 4.07. The third kappa shape index (κ3) is 6.20. The minimum absolute atomic E-state index is 0.0582. The highest BCUT2D eigenvalue weighted by Crippen LogP contribution is 2.34. The van der Waals surface area contributed by atoms with Crippen LogP contribution in [0.5, 0.6) is 0 Å². The highest BCUT2D eigenvalue weighted by molar-refractivity contribution is 14.1. The van der Waals surface area contributed by atoms with Gasteiger partial charge >= 0.3 is 12.0 Å². The summed E-state index contributed by atoms with van der Waals surface area (Å²) in [5.41, 5.74) is 2.78. The Hall–Kier alpha value is -2.93. The fraction of sp³-hybridized carbons (Fsp3) is 0.375. The quantitative estimate of drug-likeness (QED) is 0.301. The first-order valence-corrected chi connectivity index (χ1v) is 12.2. The lowest BCUT2D eigenvalue weighted by atomic mass is 10.1. The van der Waals surface area contributed by atoms with Gasteiger partial charge in [0.2, 0.25) is 5.76 Å². The van der Waals surface area contributed by atoms with E-state index in [9.17, 15) is 14.0 Å². The number of hydrogen-bond donors (Lipinski definition) is 2. The van der Waals surface area contributed by atoms with E-state index in [-0.39, 0.29) is 29.3 Å². The zero-order chi connectivity index (χ0) is 25.2. The van der Waals surface area contributed by atoms with Crippen molar-refractivity contribution < 1.29 is 28.0 Å². The smallest absolute Gasteiger partial charge is 0.410 e. The van der Waals surface area contributed by atoms with E-state index in [1.807, 2.05) is 43.4 Å². The largest absolute Gasteiger partial charge is 0.448 e. The molecule has 0 radical (unpaired) electrons. The molecular weight excluding hydrogens is 570 g/mol. The Bertz CT molecular complexity index is 1230. The normalized spacial score (nSPS) is 14.7. The maximum atomic E-state index is 14.5. The summed E-state index contributed by atoms with van der Waals surface area (Å²) in [7, 11) is 0. The van der Waals surface area contributed by atoms with E-state index < -0.39 is 17.3 Å². The summed E-state index contributed by atoms with van der Waals surface area (Å²) in [6, 6.07) is 6.34. The second kappa shape index (κ2) is 10.4. The molecule has 0 atom stereocenters. The van der Waals surface area contributed by atoms with Crippen molar-refractivity contribution in [2.24, 2.45) is 0 Å². The van der Waals surface area contributed by atoms with E-state index in [4.69, 9.17) is 14.0 Å². The molecule has 2 amide bonds. The van der Waals surface area contributed by atoms with E-state index in [0.717, 1.165) is 3.57 Å². The number of piperidine rings is 1. The Labute approximate surface area is 215 Å². The van der Waals surface area contributed by atoms with Gasteiger partial charge in [0, 0.05) is 29.1 Å². The van der Waals surface area contributed by atoms with Crippen molar-refractivity contribution in [2.45, 2.75) is 45.3 Å². The summed E-state index contributed by atoms with van der Waals surface area (Å²) < 4.78 is 26.4. The molecule has 1 aromatic carbocycles. The van der Waals surface area contributed by atoms with Crippen LogP contribution in [-0.4, -0.2) is 46.7 Å². The number of carbonyl (C=O) groups excluding carboxylic acids is 2. The second-order valence-corrected chi connectivity index (χ2v) is 10.4. The van der Waals surface area contributed by atoms with E-state index in [2.05, 4.69) is 15.8 Å². The zero-order valence-corrected chi connectivity index (χ0v) is 21.7. The number of hydrogen-bond acceptors (Lipinski definition) is 7. The molecule has 2 N–H and O–H groups in total. The molecule has 0 aliphatic carbocycles. The number of anilines is 2. The number of carbonyl (C=O) groups is 2. The van der Waals surface area contributed by atoms with E-state index in [1.54, 1.807) is 23.1 Å². The van der Waals surface area contributed by atoms with Crippen LogP contribution in [0.3, 0.4) is 0 Å². The first-order chi connectivity index (χ1) is 16.6. The molecule has 0 spiro atoms. The molecule has 1 aliphatic heterocycles. The van der Waals surface area contributed by atoms with Gasteiger partial charge < -0.3 is 19.4 Å². The van der Waals surface area contributed by atoms with Gasteiger partial charge in [-0.1, -0.05) is 0 Å². The highest BCUT2D eigenvalue weighted by Gasteiger charge is 2.29. The summed E-state index contributed by atoms with van der Waals surface area (Å²) >= 11 is 2.02. The minimum atomic E-state index is -0.621. The summed E-state index contributed by atoms with van der Waals surface area (Å²) in [4.78, 5) is 36.5. The van der Waals surface area contributed by atoms with Crippen molar-refractivity contribution in [1.82, 2.24) is 15.4 Å². The molecule has 11 heteroatoms. The molecule has 4 rings (SSSR count). The number of ether oxygens (including phenoxy) is 1. The maximum absolute atomic E-state index is 14.5. The molecule has 2 aromatic heterocycles. The predicted molar refractivity (Wildman–Crippen MR) is 136 cm³/mol. The molecule has 3 heterocycles. The van der Waals surface area contributed by atoms with Crippen LogP contribution in [-0.2, 0) is 9.57 Å². The second-order valence-electron chi connectivity index (χ2n) is 9.14. The van der Waals surface area contributed by atoms with Crippen LogP contribution < -0.4 is 10.8 Å². The first-order valence-electron chi connectivity index (χ1n) is 11.1. The number of fused-ring (bicyclic) bond motifs is 1. The molecule has 9 nitrogen and oxygen atoms in total. The van der Waals surface area contributed by atoms with Gasteiger partial charge in [-0.3, -0.25) is 14.6 Å². The Morgan fingerprint density at radius 2 is 1.97 bits per heavy atom. The number of nitrogens with zero attached hydrogens (tertiary/aromatic N) is 2. The zero-order valence-electron chi connectivity index (χ0n) is 19.6. The van der Waals surface area contributed by atoms with Crippen LogP contribution in [0.15, 0.2) is 41.1 Å². The van der Waals surface area contributed by atoms with Crippen molar-refractivity contribution in [2.75, 3.05) is 18.4 Å².